The van der Waals surface area contributed by atoms with Crippen molar-refractivity contribution in [2.24, 2.45) is 0 Å². The Balaban J connectivity index is 2.00. The number of hydrogen-bond acceptors (Lipinski definition) is 5. The molecule has 0 fully saturated rings. The monoisotopic (exact) mass is 438 g/mol. The maximum Gasteiger partial charge on any atom is 0.338 e. The van der Waals surface area contributed by atoms with Crippen LogP contribution in [0.5, 0.6) is 0 Å². The molecule has 29 heavy (non-hydrogen) atoms. The fourth-order valence-electron chi connectivity index (χ4n) is 2.56. The normalized spacial score (nSPS) is 12.3. The lowest BCUT2D eigenvalue weighted by atomic mass is 10.0. The molecule has 0 aliphatic carbocycles. The molecule has 2 N–H and O–H groups in total. The van der Waals surface area contributed by atoms with Crippen molar-refractivity contribution in [1.82, 2.24) is 10.0 Å². The Morgan fingerprint density at radius 2 is 1.79 bits per heavy atom. The van der Waals surface area contributed by atoms with Gasteiger partial charge in [-0.3, -0.25) is 4.79 Å². The van der Waals surface area contributed by atoms with Crippen molar-refractivity contribution in [3.8, 4) is 0 Å². The Bertz CT molecular complexity index is 1040. The Hall–Kier alpha value is -2.42. The highest BCUT2D eigenvalue weighted by molar-refractivity contribution is 7.89. The molecule has 2 aromatic carbocycles. The second-order valence-electron chi connectivity index (χ2n) is 6.56. The molecule has 0 spiro atoms. The molecule has 156 valence electrons. The lowest BCUT2D eigenvalue weighted by molar-refractivity contribution is -0.124. The van der Waals surface area contributed by atoms with Crippen LogP contribution in [-0.2, 0) is 19.6 Å². The first-order valence-corrected chi connectivity index (χ1v) is 10.7. The van der Waals surface area contributed by atoms with E-state index in [0.29, 0.717) is 0 Å². The van der Waals surface area contributed by atoms with Gasteiger partial charge in [-0.15, -0.1) is 0 Å². The van der Waals surface area contributed by atoms with Gasteiger partial charge in [0.25, 0.3) is 5.91 Å². The number of rotatable bonds is 7. The molecule has 1 amide bonds. The zero-order valence-electron chi connectivity index (χ0n) is 16.6. The van der Waals surface area contributed by atoms with Gasteiger partial charge in [0.15, 0.2) is 6.61 Å². The van der Waals surface area contributed by atoms with E-state index in [4.69, 9.17) is 16.3 Å². The van der Waals surface area contributed by atoms with Crippen LogP contribution in [0.1, 0.15) is 40.0 Å². The molecule has 1 unspecified atom stereocenters. The van der Waals surface area contributed by atoms with Gasteiger partial charge in [0.05, 0.1) is 16.6 Å². The topological polar surface area (TPSA) is 102 Å². The molecule has 0 radical (unpaired) electrons. The summed E-state index contributed by atoms with van der Waals surface area (Å²) >= 11 is 5.89. The molecule has 0 bridgehead atoms. The van der Waals surface area contributed by atoms with E-state index in [0.717, 1.165) is 22.8 Å². The van der Waals surface area contributed by atoms with Crippen molar-refractivity contribution in [3.63, 3.8) is 0 Å². The minimum absolute atomic E-state index is 0.0294. The molecule has 9 heteroatoms. The first kappa shape index (κ1) is 22.9. The molecule has 0 aromatic heterocycles. The fourth-order valence-corrected chi connectivity index (χ4v) is 3.81. The van der Waals surface area contributed by atoms with E-state index in [-0.39, 0.29) is 21.5 Å². The molecule has 0 aliphatic heterocycles. The van der Waals surface area contributed by atoms with Crippen LogP contribution in [0.4, 0.5) is 0 Å². The Kier molecular flexibility index (Phi) is 7.40. The number of aryl methyl sites for hydroxylation is 2. The zero-order chi connectivity index (χ0) is 21.8. The molecule has 2 aromatic rings. The summed E-state index contributed by atoms with van der Waals surface area (Å²) in [7, 11) is -2.60. The van der Waals surface area contributed by atoms with Crippen LogP contribution in [-0.4, -0.2) is 33.9 Å². The third-order valence-electron chi connectivity index (χ3n) is 4.47. The van der Waals surface area contributed by atoms with Gasteiger partial charge in [0.1, 0.15) is 4.90 Å². The highest BCUT2D eigenvalue weighted by Crippen LogP contribution is 2.23. The van der Waals surface area contributed by atoms with Crippen molar-refractivity contribution in [1.29, 1.82) is 0 Å². The summed E-state index contributed by atoms with van der Waals surface area (Å²) in [5.74, 6) is -1.30. The highest BCUT2D eigenvalue weighted by Gasteiger charge is 2.20. The van der Waals surface area contributed by atoms with Crippen molar-refractivity contribution < 1.29 is 22.7 Å². The van der Waals surface area contributed by atoms with E-state index in [1.54, 1.807) is 0 Å². The van der Waals surface area contributed by atoms with Crippen LogP contribution >= 0.6 is 11.6 Å². The molecular formula is C20H23ClN2O5S. The fraction of sp³-hybridized carbons (Fsp3) is 0.300. The maximum atomic E-state index is 12.2. The van der Waals surface area contributed by atoms with Gasteiger partial charge in [0.2, 0.25) is 10.0 Å². The minimum Gasteiger partial charge on any atom is -0.452 e. The molecular weight excluding hydrogens is 416 g/mol. The van der Waals surface area contributed by atoms with Crippen molar-refractivity contribution in [2.45, 2.75) is 31.7 Å². The number of ether oxygens (including phenoxy) is 1. The molecule has 2 rings (SSSR count). The molecule has 0 saturated carbocycles. The highest BCUT2D eigenvalue weighted by atomic mass is 35.5. The number of sulfonamides is 1. The SMILES string of the molecule is CNS(=O)(=O)c1cc(C(=O)OCC(=O)NC(C)c2ccc(C)c(C)c2)ccc1Cl. The smallest absolute Gasteiger partial charge is 0.338 e. The molecule has 1 atom stereocenters. The molecule has 7 nitrogen and oxygen atoms in total. The summed E-state index contributed by atoms with van der Waals surface area (Å²) < 4.78 is 31.0. The third kappa shape index (κ3) is 5.79. The summed E-state index contributed by atoms with van der Waals surface area (Å²) in [6.07, 6.45) is 0. The summed E-state index contributed by atoms with van der Waals surface area (Å²) in [4.78, 5) is 24.1. The third-order valence-corrected chi connectivity index (χ3v) is 6.36. The predicted octanol–water partition coefficient (Wildman–Crippen LogP) is 2.90. The van der Waals surface area contributed by atoms with Crippen molar-refractivity contribution in [3.05, 3.63) is 63.7 Å². The average molecular weight is 439 g/mol. The number of halogens is 1. The van der Waals surface area contributed by atoms with E-state index in [1.165, 1.54) is 19.2 Å². The standard InChI is InChI=1S/C20H23ClN2O5S/c1-12-5-6-15(9-13(12)2)14(3)23-19(24)11-28-20(25)16-7-8-17(21)18(10-16)29(26,27)22-4/h5-10,14,22H,11H2,1-4H3,(H,23,24). The lowest BCUT2D eigenvalue weighted by Crippen LogP contribution is -2.31. The van der Waals surface area contributed by atoms with Crippen LogP contribution < -0.4 is 10.0 Å². The first-order chi connectivity index (χ1) is 13.5. The number of carbonyl (C=O) groups excluding carboxylic acids is 2. The largest absolute Gasteiger partial charge is 0.452 e. The summed E-state index contributed by atoms with van der Waals surface area (Å²) in [5, 5.41) is 2.73. The summed E-state index contributed by atoms with van der Waals surface area (Å²) in [6.45, 7) is 5.33. The number of carbonyl (C=O) groups is 2. The zero-order valence-corrected chi connectivity index (χ0v) is 18.1. The van der Waals surface area contributed by atoms with Crippen molar-refractivity contribution >= 4 is 33.5 Å². The predicted molar refractivity (Wildman–Crippen MR) is 110 cm³/mol. The van der Waals surface area contributed by atoms with Gasteiger partial charge in [-0.2, -0.15) is 0 Å². The van der Waals surface area contributed by atoms with E-state index in [9.17, 15) is 18.0 Å². The Morgan fingerprint density at radius 3 is 2.41 bits per heavy atom. The van der Waals surface area contributed by atoms with Gasteiger partial charge >= 0.3 is 5.97 Å². The molecule has 0 heterocycles. The maximum absolute atomic E-state index is 12.2. The van der Waals surface area contributed by atoms with E-state index in [2.05, 4.69) is 10.0 Å². The molecule has 0 aliphatic rings. The van der Waals surface area contributed by atoms with Gasteiger partial charge in [-0.05, 0) is 62.7 Å². The summed E-state index contributed by atoms with van der Waals surface area (Å²) in [6, 6.07) is 9.35. The quantitative estimate of drug-likeness (QED) is 0.647. The van der Waals surface area contributed by atoms with Crippen LogP contribution in [0.2, 0.25) is 5.02 Å². The van der Waals surface area contributed by atoms with Crippen LogP contribution in [0.15, 0.2) is 41.3 Å². The van der Waals surface area contributed by atoms with Crippen molar-refractivity contribution in [2.75, 3.05) is 13.7 Å². The van der Waals surface area contributed by atoms with E-state index < -0.39 is 28.5 Å². The summed E-state index contributed by atoms with van der Waals surface area (Å²) in [5.41, 5.74) is 3.18. The number of hydrogen-bond donors (Lipinski definition) is 2. The van der Waals surface area contributed by atoms with Gasteiger partial charge in [-0.1, -0.05) is 29.8 Å². The van der Waals surface area contributed by atoms with Gasteiger partial charge in [-0.25, -0.2) is 17.9 Å². The van der Waals surface area contributed by atoms with Gasteiger partial charge < -0.3 is 10.1 Å². The first-order valence-electron chi connectivity index (χ1n) is 8.82. The number of nitrogens with one attached hydrogen (secondary N) is 2. The number of amides is 1. The number of esters is 1. The van der Waals surface area contributed by atoms with E-state index >= 15 is 0 Å². The molecule has 0 saturated heterocycles. The van der Waals surface area contributed by atoms with Crippen LogP contribution in [0.3, 0.4) is 0 Å². The second-order valence-corrected chi connectivity index (χ2v) is 8.82. The van der Waals surface area contributed by atoms with Crippen LogP contribution in [0, 0.1) is 13.8 Å². The minimum atomic E-state index is -3.84. The average Bonchev–Trinajstić information content (AvgIpc) is 2.68. The Morgan fingerprint density at radius 1 is 1.10 bits per heavy atom. The lowest BCUT2D eigenvalue weighted by Gasteiger charge is -2.16. The van der Waals surface area contributed by atoms with E-state index in [1.807, 2.05) is 39.0 Å². The Labute approximate surface area is 175 Å². The van der Waals surface area contributed by atoms with Crippen LogP contribution in [0.25, 0.3) is 0 Å². The second kappa shape index (κ2) is 9.39. The number of benzene rings is 2. The van der Waals surface area contributed by atoms with Gasteiger partial charge in [0, 0.05) is 0 Å².